The average Bonchev–Trinajstić information content (AvgIpc) is 2.13. The SMILES string of the molecule is CCCCC=C(C)C(=O)ONC(C)(C)C. The van der Waals surface area contributed by atoms with E-state index in [0.29, 0.717) is 5.57 Å². The first-order chi connectivity index (χ1) is 6.87. The second kappa shape index (κ2) is 6.62. The van der Waals surface area contributed by atoms with E-state index in [0.717, 1.165) is 19.3 Å². The van der Waals surface area contributed by atoms with Crippen molar-refractivity contribution in [2.45, 2.75) is 59.4 Å². The molecule has 0 saturated carbocycles. The molecule has 0 bridgehead atoms. The topological polar surface area (TPSA) is 38.3 Å². The summed E-state index contributed by atoms with van der Waals surface area (Å²) in [6, 6.07) is 0. The van der Waals surface area contributed by atoms with Gasteiger partial charge in [0.2, 0.25) is 0 Å². The molecule has 15 heavy (non-hydrogen) atoms. The van der Waals surface area contributed by atoms with Crippen LogP contribution in [0.4, 0.5) is 0 Å². The molecule has 0 rings (SSSR count). The summed E-state index contributed by atoms with van der Waals surface area (Å²) in [6.45, 7) is 9.73. The van der Waals surface area contributed by atoms with Crippen molar-refractivity contribution in [3.63, 3.8) is 0 Å². The van der Waals surface area contributed by atoms with Crippen LogP contribution < -0.4 is 5.48 Å². The second-order valence-electron chi connectivity index (χ2n) is 4.77. The van der Waals surface area contributed by atoms with E-state index >= 15 is 0 Å². The van der Waals surface area contributed by atoms with Crippen LogP contribution in [-0.4, -0.2) is 11.5 Å². The highest BCUT2D eigenvalue weighted by atomic mass is 16.7. The largest absolute Gasteiger partial charge is 0.366 e. The van der Waals surface area contributed by atoms with Gasteiger partial charge in [0.15, 0.2) is 0 Å². The Kier molecular flexibility index (Phi) is 6.25. The Balaban J connectivity index is 3.94. The summed E-state index contributed by atoms with van der Waals surface area (Å²) in [7, 11) is 0. The maximum atomic E-state index is 11.4. The Hall–Kier alpha value is -0.830. The standard InChI is InChI=1S/C12H23NO2/c1-6-7-8-9-10(2)11(14)15-13-12(3,4)5/h9,13H,6-8H2,1-5H3. The minimum Gasteiger partial charge on any atom is -0.366 e. The Morgan fingerprint density at radius 3 is 2.47 bits per heavy atom. The van der Waals surface area contributed by atoms with Gasteiger partial charge in [-0.25, -0.2) is 4.79 Å². The average molecular weight is 213 g/mol. The third kappa shape index (κ3) is 8.18. The van der Waals surface area contributed by atoms with Crippen LogP contribution in [0.3, 0.4) is 0 Å². The van der Waals surface area contributed by atoms with Gasteiger partial charge in [-0.3, -0.25) is 0 Å². The third-order valence-electron chi connectivity index (χ3n) is 1.78. The summed E-state index contributed by atoms with van der Waals surface area (Å²) < 4.78 is 0. The summed E-state index contributed by atoms with van der Waals surface area (Å²) in [5.41, 5.74) is 3.16. The number of allylic oxidation sites excluding steroid dienone is 1. The van der Waals surface area contributed by atoms with Crippen LogP contribution in [0, 0.1) is 0 Å². The molecular weight excluding hydrogens is 190 g/mol. The first-order valence-corrected chi connectivity index (χ1v) is 5.52. The molecule has 0 spiro atoms. The molecule has 0 radical (unpaired) electrons. The maximum absolute atomic E-state index is 11.4. The molecule has 0 aromatic carbocycles. The summed E-state index contributed by atoms with van der Waals surface area (Å²) in [6.07, 6.45) is 5.11. The molecule has 3 nitrogen and oxygen atoms in total. The zero-order chi connectivity index (χ0) is 11.9. The number of hydrogen-bond acceptors (Lipinski definition) is 3. The lowest BCUT2D eigenvalue weighted by molar-refractivity contribution is -0.150. The molecule has 0 atom stereocenters. The Bertz CT molecular complexity index is 226. The Morgan fingerprint density at radius 2 is 2.00 bits per heavy atom. The van der Waals surface area contributed by atoms with E-state index in [9.17, 15) is 4.79 Å². The van der Waals surface area contributed by atoms with E-state index in [-0.39, 0.29) is 11.5 Å². The molecular formula is C12H23NO2. The molecule has 0 aliphatic heterocycles. The van der Waals surface area contributed by atoms with E-state index in [1.165, 1.54) is 0 Å². The van der Waals surface area contributed by atoms with Crippen LogP contribution in [0.25, 0.3) is 0 Å². The van der Waals surface area contributed by atoms with Crippen molar-refractivity contribution >= 4 is 5.97 Å². The Labute approximate surface area is 92.8 Å². The smallest absolute Gasteiger partial charge is 0.352 e. The number of rotatable bonds is 5. The quantitative estimate of drug-likeness (QED) is 0.433. The number of carbonyl (C=O) groups excluding carboxylic acids is 1. The molecule has 1 N–H and O–H groups in total. The van der Waals surface area contributed by atoms with E-state index in [1.54, 1.807) is 6.92 Å². The lowest BCUT2D eigenvalue weighted by Gasteiger charge is -2.19. The minimum atomic E-state index is -0.291. The summed E-state index contributed by atoms with van der Waals surface area (Å²) in [5.74, 6) is -0.291. The van der Waals surface area contributed by atoms with Gasteiger partial charge in [-0.15, -0.1) is 5.48 Å². The number of hydrogen-bond donors (Lipinski definition) is 1. The van der Waals surface area contributed by atoms with Crippen LogP contribution >= 0.6 is 0 Å². The van der Waals surface area contributed by atoms with Gasteiger partial charge < -0.3 is 4.84 Å². The summed E-state index contributed by atoms with van der Waals surface area (Å²) >= 11 is 0. The maximum Gasteiger partial charge on any atom is 0.352 e. The molecule has 88 valence electrons. The predicted molar refractivity (Wildman–Crippen MR) is 62.3 cm³/mol. The van der Waals surface area contributed by atoms with E-state index in [1.807, 2.05) is 26.8 Å². The van der Waals surface area contributed by atoms with E-state index < -0.39 is 0 Å². The van der Waals surface area contributed by atoms with Crippen molar-refractivity contribution in [2.75, 3.05) is 0 Å². The van der Waals surface area contributed by atoms with Crippen molar-refractivity contribution in [1.29, 1.82) is 0 Å². The third-order valence-corrected chi connectivity index (χ3v) is 1.78. The van der Waals surface area contributed by atoms with Gasteiger partial charge in [0, 0.05) is 11.1 Å². The molecule has 0 aliphatic carbocycles. The highest BCUT2D eigenvalue weighted by molar-refractivity contribution is 5.87. The molecule has 0 fully saturated rings. The second-order valence-corrected chi connectivity index (χ2v) is 4.77. The lowest BCUT2D eigenvalue weighted by Crippen LogP contribution is -2.37. The summed E-state index contributed by atoms with van der Waals surface area (Å²) in [4.78, 5) is 16.4. The lowest BCUT2D eigenvalue weighted by atomic mass is 10.1. The van der Waals surface area contributed by atoms with Crippen LogP contribution in [0.1, 0.15) is 53.9 Å². The van der Waals surface area contributed by atoms with Gasteiger partial charge in [-0.1, -0.05) is 25.8 Å². The van der Waals surface area contributed by atoms with Crippen LogP contribution in [0.5, 0.6) is 0 Å². The highest BCUT2D eigenvalue weighted by Crippen LogP contribution is 2.04. The zero-order valence-electron chi connectivity index (χ0n) is 10.5. The van der Waals surface area contributed by atoms with Gasteiger partial charge in [0.1, 0.15) is 0 Å². The van der Waals surface area contributed by atoms with Crippen LogP contribution in [0.2, 0.25) is 0 Å². The summed E-state index contributed by atoms with van der Waals surface area (Å²) in [5, 5.41) is 0. The first kappa shape index (κ1) is 14.2. The zero-order valence-corrected chi connectivity index (χ0v) is 10.5. The fraction of sp³-hybridized carbons (Fsp3) is 0.750. The minimum absolute atomic E-state index is 0.209. The highest BCUT2D eigenvalue weighted by Gasteiger charge is 2.13. The molecule has 0 saturated heterocycles. The number of hydroxylamine groups is 1. The van der Waals surface area contributed by atoms with Gasteiger partial charge in [-0.05, 0) is 34.1 Å². The van der Waals surface area contributed by atoms with E-state index in [4.69, 9.17) is 4.84 Å². The van der Waals surface area contributed by atoms with Crippen molar-refractivity contribution in [3.8, 4) is 0 Å². The molecule has 0 heterocycles. The molecule has 0 aromatic rings. The fourth-order valence-corrected chi connectivity index (χ4v) is 0.886. The van der Waals surface area contributed by atoms with E-state index in [2.05, 4.69) is 12.4 Å². The molecule has 0 amide bonds. The van der Waals surface area contributed by atoms with Crippen molar-refractivity contribution in [1.82, 2.24) is 5.48 Å². The molecule has 0 unspecified atom stereocenters. The van der Waals surface area contributed by atoms with Crippen molar-refractivity contribution in [2.24, 2.45) is 0 Å². The monoisotopic (exact) mass is 213 g/mol. The molecule has 0 aliphatic rings. The van der Waals surface area contributed by atoms with Gasteiger partial charge >= 0.3 is 5.97 Å². The molecule has 3 heteroatoms. The molecule has 0 aromatic heterocycles. The van der Waals surface area contributed by atoms with Crippen LogP contribution in [0.15, 0.2) is 11.6 Å². The number of carbonyl (C=O) groups is 1. The normalized spacial score (nSPS) is 12.7. The number of unbranched alkanes of at least 4 members (excludes halogenated alkanes) is 2. The first-order valence-electron chi connectivity index (χ1n) is 5.52. The van der Waals surface area contributed by atoms with Gasteiger partial charge in [-0.2, -0.15) is 0 Å². The Morgan fingerprint density at radius 1 is 1.40 bits per heavy atom. The van der Waals surface area contributed by atoms with Crippen LogP contribution in [-0.2, 0) is 9.63 Å². The predicted octanol–water partition coefficient (Wildman–Crippen LogP) is 2.97. The van der Waals surface area contributed by atoms with Gasteiger partial charge in [0.25, 0.3) is 0 Å². The van der Waals surface area contributed by atoms with Crippen molar-refractivity contribution in [3.05, 3.63) is 11.6 Å². The fourth-order valence-electron chi connectivity index (χ4n) is 0.886. The van der Waals surface area contributed by atoms with Gasteiger partial charge in [0.05, 0.1) is 0 Å². The van der Waals surface area contributed by atoms with Crippen molar-refractivity contribution < 1.29 is 9.63 Å². The number of nitrogens with one attached hydrogen (secondary N) is 1.